The summed E-state index contributed by atoms with van der Waals surface area (Å²) in [6, 6.07) is -0.497. The molecule has 19 heavy (non-hydrogen) atoms. The van der Waals surface area contributed by atoms with Crippen molar-refractivity contribution in [2.45, 2.75) is 63.5 Å². The molecule has 0 aliphatic carbocycles. The second kappa shape index (κ2) is 5.72. The van der Waals surface area contributed by atoms with Gasteiger partial charge in [0.2, 0.25) is 0 Å². The number of hydrogen-bond donors (Lipinski definition) is 2. The Morgan fingerprint density at radius 3 is 2.26 bits per heavy atom. The average Bonchev–Trinajstić information content (AvgIpc) is 2.52. The Labute approximate surface area is 125 Å². The van der Waals surface area contributed by atoms with Gasteiger partial charge in [-0.05, 0) is 18.1 Å². The summed E-state index contributed by atoms with van der Waals surface area (Å²) < 4.78 is 12.2. The van der Waals surface area contributed by atoms with Crippen molar-refractivity contribution in [3.05, 3.63) is 0 Å². The fourth-order valence-corrected chi connectivity index (χ4v) is 3.96. The van der Waals surface area contributed by atoms with Gasteiger partial charge in [0.05, 0.1) is 12.7 Å². The first-order valence-corrected chi connectivity index (χ1v) is 10.4. The van der Waals surface area contributed by atoms with Gasteiger partial charge in [0.25, 0.3) is 0 Å². The molecule has 0 spiro atoms. The van der Waals surface area contributed by atoms with Gasteiger partial charge in [-0.15, -0.1) is 0 Å². The number of rotatable bonds is 4. The molecule has 4 atom stereocenters. The van der Waals surface area contributed by atoms with Crippen molar-refractivity contribution in [1.29, 1.82) is 0 Å². The molecule has 110 valence electrons. The minimum absolute atomic E-state index is 0.0270. The van der Waals surface area contributed by atoms with E-state index in [1.807, 2.05) is 6.92 Å². The molecule has 0 aromatic carbocycles. The lowest BCUT2D eigenvalue weighted by Crippen LogP contribution is -2.49. The lowest BCUT2D eigenvalue weighted by atomic mass is 9.84. The van der Waals surface area contributed by atoms with Crippen LogP contribution in [0.25, 0.3) is 0 Å². The van der Waals surface area contributed by atoms with Gasteiger partial charge in [-0.2, -0.15) is 12.6 Å². The van der Waals surface area contributed by atoms with Gasteiger partial charge in [0.15, 0.2) is 8.32 Å². The molecule has 0 amide bonds. The van der Waals surface area contributed by atoms with Crippen molar-refractivity contribution in [1.82, 2.24) is 0 Å². The zero-order chi connectivity index (χ0) is 15.1. The molecule has 6 heteroatoms. The standard InChI is InChI=1S/C13H27BO3SSi/c1-9-10(17-19(5,6)12(2,3)4)11(14)16-13(9,7-15)8-18/h9-11,15,18H,7-8H2,1-6H3/t9?,10-,11+,13-/m0/s1. The Hall–Kier alpha value is 0.512. The van der Waals surface area contributed by atoms with E-state index in [0.29, 0.717) is 5.75 Å². The SMILES string of the molecule is [B][C@@H]1O[C@@](CO)(CS)C(C)[C@@H]1O[Si](C)(C)C(C)(C)C. The average molecular weight is 302 g/mol. The lowest BCUT2D eigenvalue weighted by Gasteiger charge is -2.40. The summed E-state index contributed by atoms with van der Waals surface area (Å²) in [5.41, 5.74) is -0.685. The van der Waals surface area contributed by atoms with E-state index < -0.39 is 19.9 Å². The maximum absolute atomic E-state index is 9.61. The highest BCUT2D eigenvalue weighted by molar-refractivity contribution is 7.80. The zero-order valence-electron chi connectivity index (χ0n) is 12.9. The number of aliphatic hydroxyl groups is 1. The van der Waals surface area contributed by atoms with Crippen molar-refractivity contribution in [3.63, 3.8) is 0 Å². The van der Waals surface area contributed by atoms with E-state index in [2.05, 4.69) is 46.5 Å². The fourth-order valence-electron chi connectivity index (χ4n) is 2.13. The smallest absolute Gasteiger partial charge is 0.192 e. The van der Waals surface area contributed by atoms with E-state index in [4.69, 9.17) is 17.0 Å². The summed E-state index contributed by atoms with van der Waals surface area (Å²) in [7, 11) is 4.17. The third-order valence-electron chi connectivity index (χ3n) is 4.79. The first-order valence-electron chi connectivity index (χ1n) is 6.84. The Kier molecular flexibility index (Phi) is 5.28. The van der Waals surface area contributed by atoms with Crippen molar-refractivity contribution in [3.8, 4) is 0 Å². The van der Waals surface area contributed by atoms with Crippen LogP contribution in [-0.2, 0) is 9.16 Å². The minimum atomic E-state index is -1.91. The van der Waals surface area contributed by atoms with Gasteiger partial charge in [-0.25, -0.2) is 0 Å². The molecule has 1 fully saturated rings. The molecule has 0 aromatic rings. The first kappa shape index (κ1) is 17.6. The molecule has 1 saturated heterocycles. The van der Waals surface area contributed by atoms with Crippen LogP contribution in [0, 0.1) is 5.92 Å². The summed E-state index contributed by atoms with van der Waals surface area (Å²) in [6.45, 7) is 12.9. The molecular formula is C13H27BO3SSi. The van der Waals surface area contributed by atoms with Gasteiger partial charge >= 0.3 is 0 Å². The van der Waals surface area contributed by atoms with E-state index in [1.54, 1.807) is 0 Å². The fraction of sp³-hybridized carbons (Fsp3) is 1.00. The number of ether oxygens (including phenoxy) is 1. The molecule has 0 saturated carbocycles. The maximum Gasteiger partial charge on any atom is 0.192 e. The number of hydrogen-bond acceptors (Lipinski definition) is 4. The van der Waals surface area contributed by atoms with E-state index in [1.165, 1.54) is 0 Å². The highest BCUT2D eigenvalue weighted by Gasteiger charge is 2.53. The second-order valence-corrected chi connectivity index (χ2v) is 12.2. The third-order valence-corrected chi connectivity index (χ3v) is 9.80. The van der Waals surface area contributed by atoms with E-state index in [-0.39, 0.29) is 23.7 Å². The van der Waals surface area contributed by atoms with Gasteiger partial charge in [-0.3, -0.25) is 0 Å². The van der Waals surface area contributed by atoms with Gasteiger partial charge < -0.3 is 14.3 Å². The lowest BCUT2D eigenvalue weighted by molar-refractivity contribution is -0.0505. The monoisotopic (exact) mass is 302 g/mol. The molecule has 0 bridgehead atoms. The van der Waals surface area contributed by atoms with Crippen LogP contribution in [-0.4, -0.2) is 51.3 Å². The number of aliphatic hydroxyl groups excluding tert-OH is 1. The van der Waals surface area contributed by atoms with Crippen molar-refractivity contribution in [2.24, 2.45) is 5.92 Å². The first-order chi connectivity index (χ1) is 8.50. The van der Waals surface area contributed by atoms with Crippen LogP contribution >= 0.6 is 12.6 Å². The molecule has 1 N–H and O–H groups in total. The molecule has 2 radical (unpaired) electrons. The van der Waals surface area contributed by atoms with Crippen LogP contribution in [0.3, 0.4) is 0 Å². The molecule has 3 nitrogen and oxygen atoms in total. The molecule has 1 unspecified atom stereocenters. The van der Waals surface area contributed by atoms with E-state index in [0.717, 1.165) is 0 Å². The molecule has 1 rings (SSSR count). The molecule has 1 aliphatic rings. The van der Waals surface area contributed by atoms with E-state index >= 15 is 0 Å². The predicted octanol–water partition coefficient (Wildman–Crippen LogP) is 2.20. The summed E-state index contributed by atoms with van der Waals surface area (Å²) in [4.78, 5) is 0. The summed E-state index contributed by atoms with van der Waals surface area (Å²) in [5.74, 6) is 0.467. The summed E-state index contributed by atoms with van der Waals surface area (Å²) >= 11 is 4.31. The quantitative estimate of drug-likeness (QED) is 0.618. The Balaban J connectivity index is 2.91. The van der Waals surface area contributed by atoms with Gasteiger partial charge in [0, 0.05) is 17.7 Å². The topological polar surface area (TPSA) is 38.7 Å². The second-order valence-electron chi connectivity index (χ2n) is 7.09. The minimum Gasteiger partial charge on any atom is -0.412 e. The Bertz CT molecular complexity index is 316. The Morgan fingerprint density at radius 2 is 1.95 bits per heavy atom. The van der Waals surface area contributed by atoms with Crippen LogP contribution in [0.4, 0.5) is 0 Å². The van der Waals surface area contributed by atoms with Crippen LogP contribution in [0.1, 0.15) is 27.7 Å². The van der Waals surface area contributed by atoms with Crippen LogP contribution in [0.15, 0.2) is 0 Å². The van der Waals surface area contributed by atoms with Crippen molar-refractivity contribution < 1.29 is 14.3 Å². The summed E-state index contributed by atoms with van der Waals surface area (Å²) in [6.07, 6.45) is -0.180. The van der Waals surface area contributed by atoms with Crippen LogP contribution < -0.4 is 0 Å². The van der Waals surface area contributed by atoms with Gasteiger partial charge in [-0.1, -0.05) is 27.7 Å². The molecule has 1 heterocycles. The molecular weight excluding hydrogens is 275 g/mol. The highest BCUT2D eigenvalue weighted by atomic mass is 32.1. The van der Waals surface area contributed by atoms with Crippen LogP contribution in [0.5, 0.6) is 0 Å². The van der Waals surface area contributed by atoms with E-state index in [9.17, 15) is 5.11 Å². The zero-order valence-corrected chi connectivity index (χ0v) is 14.8. The summed E-state index contributed by atoms with van der Waals surface area (Å²) in [5, 5.41) is 9.73. The molecule has 0 aromatic heterocycles. The largest absolute Gasteiger partial charge is 0.412 e. The highest BCUT2D eigenvalue weighted by Crippen LogP contribution is 2.43. The van der Waals surface area contributed by atoms with Gasteiger partial charge in [0.1, 0.15) is 13.4 Å². The van der Waals surface area contributed by atoms with Crippen LogP contribution in [0.2, 0.25) is 18.1 Å². The van der Waals surface area contributed by atoms with Crippen molar-refractivity contribution in [2.75, 3.05) is 12.4 Å². The normalized spacial score (nSPS) is 36.7. The third kappa shape index (κ3) is 3.23. The number of thiol groups is 1. The predicted molar refractivity (Wildman–Crippen MR) is 85.5 cm³/mol. The molecule has 1 aliphatic heterocycles. The Morgan fingerprint density at radius 1 is 1.42 bits per heavy atom. The maximum atomic E-state index is 9.61. The van der Waals surface area contributed by atoms with Crippen molar-refractivity contribution >= 4 is 28.8 Å².